The maximum absolute atomic E-state index is 12.8. The maximum atomic E-state index is 12.8. The highest BCUT2D eigenvalue weighted by Crippen LogP contribution is 2.40. The van der Waals surface area contributed by atoms with E-state index in [1.165, 1.54) is 49.8 Å². The molecule has 8 nitrogen and oxygen atoms in total. The van der Waals surface area contributed by atoms with Crippen molar-refractivity contribution < 1.29 is 23.8 Å². The number of thioether (sulfide) groups is 2. The lowest BCUT2D eigenvalue weighted by atomic mass is 10.1. The third kappa shape index (κ3) is 5.08. The molecule has 1 saturated heterocycles. The smallest absolute Gasteiger partial charge is 0.266 e. The molecule has 2 aliphatic rings. The molecule has 0 radical (unpaired) electrons. The van der Waals surface area contributed by atoms with Crippen LogP contribution in [0, 0.1) is 0 Å². The first kappa shape index (κ1) is 22.4. The van der Waals surface area contributed by atoms with E-state index in [-0.39, 0.29) is 24.8 Å². The van der Waals surface area contributed by atoms with E-state index in [2.05, 4.69) is 10.3 Å². The number of aliphatic imine (C=N–C) groups is 1. The average Bonchev–Trinajstić information content (AvgIpc) is 3.33. The van der Waals surface area contributed by atoms with Crippen molar-refractivity contribution in [2.24, 2.45) is 4.99 Å². The zero-order valence-corrected chi connectivity index (χ0v) is 19.2. The van der Waals surface area contributed by atoms with Gasteiger partial charge in [0, 0.05) is 18.7 Å². The first-order chi connectivity index (χ1) is 14.5. The lowest BCUT2D eigenvalue weighted by molar-refractivity contribution is -0.123. The largest absolute Gasteiger partial charge is 0.493 e. The Hall–Kier alpha value is -2.24. The lowest BCUT2D eigenvalue weighted by Gasteiger charge is -2.14. The number of rotatable bonds is 7. The number of hydrogen-bond acceptors (Lipinski definition) is 9. The van der Waals surface area contributed by atoms with Crippen molar-refractivity contribution in [3.63, 3.8) is 0 Å². The Morgan fingerprint density at radius 2 is 1.97 bits per heavy atom. The molecule has 2 amide bonds. The summed E-state index contributed by atoms with van der Waals surface area (Å²) in [4.78, 5) is 31.0. The summed E-state index contributed by atoms with van der Waals surface area (Å²) in [6.07, 6.45) is 1.86. The molecular weight excluding hydrogens is 446 g/mol. The van der Waals surface area contributed by atoms with Crippen LogP contribution in [0.5, 0.6) is 17.2 Å². The molecule has 3 rings (SSSR count). The summed E-state index contributed by atoms with van der Waals surface area (Å²) in [6, 6.07) is 3.50. The molecule has 30 heavy (non-hydrogen) atoms. The predicted molar refractivity (Wildman–Crippen MR) is 123 cm³/mol. The number of nitrogens with zero attached hydrogens (tertiary/aromatic N) is 2. The number of carbonyl (C=O) groups is 2. The summed E-state index contributed by atoms with van der Waals surface area (Å²) < 4.78 is 16.4. The second kappa shape index (κ2) is 10.2. The fraction of sp³-hybridized carbons (Fsp3) is 0.368. The second-order valence-electron chi connectivity index (χ2n) is 6.13. The molecule has 160 valence electrons. The third-order valence-electron chi connectivity index (χ3n) is 4.25. The summed E-state index contributed by atoms with van der Waals surface area (Å²) in [5.41, 5.74) is 0.707. The van der Waals surface area contributed by atoms with Crippen LogP contribution in [0.2, 0.25) is 0 Å². The van der Waals surface area contributed by atoms with Gasteiger partial charge in [0.05, 0.1) is 32.8 Å². The van der Waals surface area contributed by atoms with E-state index >= 15 is 0 Å². The van der Waals surface area contributed by atoms with E-state index in [0.717, 1.165) is 5.75 Å². The minimum atomic E-state index is -0.237. The topological polar surface area (TPSA) is 89.5 Å². The zero-order chi connectivity index (χ0) is 21.7. The van der Waals surface area contributed by atoms with Gasteiger partial charge < -0.3 is 19.5 Å². The first-order valence-electron chi connectivity index (χ1n) is 8.99. The second-order valence-corrected chi connectivity index (χ2v) is 8.88. The fourth-order valence-corrected chi connectivity index (χ4v) is 4.89. The molecule has 0 saturated carbocycles. The van der Waals surface area contributed by atoms with E-state index in [1.54, 1.807) is 18.2 Å². The number of benzene rings is 1. The number of methoxy groups -OCH3 is 3. The Kier molecular flexibility index (Phi) is 7.62. The Labute approximate surface area is 188 Å². The van der Waals surface area contributed by atoms with Crippen LogP contribution in [-0.2, 0) is 9.59 Å². The van der Waals surface area contributed by atoms with Crippen LogP contribution >= 0.6 is 35.7 Å². The van der Waals surface area contributed by atoms with Gasteiger partial charge in [-0.2, -0.15) is 0 Å². The van der Waals surface area contributed by atoms with Crippen molar-refractivity contribution >= 4 is 63.1 Å². The summed E-state index contributed by atoms with van der Waals surface area (Å²) in [5, 5.41) is 3.38. The van der Waals surface area contributed by atoms with Gasteiger partial charge in [-0.1, -0.05) is 35.7 Å². The number of nitrogens with one attached hydrogen (secondary N) is 1. The van der Waals surface area contributed by atoms with E-state index < -0.39 is 0 Å². The van der Waals surface area contributed by atoms with Gasteiger partial charge in [0.15, 0.2) is 16.7 Å². The van der Waals surface area contributed by atoms with Crippen molar-refractivity contribution in [2.45, 2.75) is 6.42 Å². The summed E-state index contributed by atoms with van der Waals surface area (Å²) in [6.45, 7) is 0.918. The van der Waals surface area contributed by atoms with Crippen molar-refractivity contribution in [1.29, 1.82) is 0 Å². The highest BCUT2D eigenvalue weighted by Gasteiger charge is 2.32. The molecule has 11 heteroatoms. The molecule has 0 aromatic heterocycles. The van der Waals surface area contributed by atoms with Gasteiger partial charge in [-0.3, -0.25) is 19.5 Å². The zero-order valence-electron chi connectivity index (χ0n) is 16.7. The van der Waals surface area contributed by atoms with Crippen molar-refractivity contribution in [3.05, 3.63) is 22.6 Å². The predicted octanol–water partition coefficient (Wildman–Crippen LogP) is 2.52. The van der Waals surface area contributed by atoms with Crippen LogP contribution in [0.25, 0.3) is 6.08 Å². The Morgan fingerprint density at radius 1 is 1.27 bits per heavy atom. The molecule has 1 aromatic rings. The summed E-state index contributed by atoms with van der Waals surface area (Å²) in [7, 11) is 4.59. The maximum Gasteiger partial charge on any atom is 0.266 e. The van der Waals surface area contributed by atoms with Crippen LogP contribution in [-0.4, -0.2) is 66.4 Å². The van der Waals surface area contributed by atoms with E-state index in [9.17, 15) is 9.59 Å². The number of amidine groups is 1. The van der Waals surface area contributed by atoms with Gasteiger partial charge in [-0.05, 0) is 23.8 Å². The standard InChI is InChI=1S/C19H21N3O5S3/c1-25-12-8-11(9-13(26-2)16(12)27-3)10-14-17(24)22(19(28)30-14)6-4-15(23)21-18-20-5-7-29-18/h8-10H,4-7H2,1-3H3,(H,20,21,23)/b14-10+. The van der Waals surface area contributed by atoms with Crippen LogP contribution in [0.15, 0.2) is 22.0 Å². The molecule has 2 heterocycles. The van der Waals surface area contributed by atoms with E-state index in [4.69, 9.17) is 26.4 Å². The molecule has 1 aromatic carbocycles. The average molecular weight is 468 g/mol. The van der Waals surface area contributed by atoms with Crippen molar-refractivity contribution in [3.8, 4) is 17.2 Å². The van der Waals surface area contributed by atoms with Crippen LogP contribution in [0.1, 0.15) is 12.0 Å². The van der Waals surface area contributed by atoms with Crippen LogP contribution < -0.4 is 19.5 Å². The number of carbonyl (C=O) groups excluding carboxylic acids is 2. The monoisotopic (exact) mass is 467 g/mol. The lowest BCUT2D eigenvalue weighted by Crippen LogP contribution is -2.34. The highest BCUT2D eigenvalue weighted by atomic mass is 32.2. The van der Waals surface area contributed by atoms with E-state index in [1.807, 2.05) is 0 Å². The third-order valence-corrected chi connectivity index (χ3v) is 6.52. The van der Waals surface area contributed by atoms with E-state index in [0.29, 0.717) is 43.8 Å². The molecule has 0 spiro atoms. The minimum Gasteiger partial charge on any atom is -0.493 e. The van der Waals surface area contributed by atoms with Crippen LogP contribution in [0.4, 0.5) is 0 Å². The number of ether oxygens (including phenoxy) is 3. The van der Waals surface area contributed by atoms with Gasteiger partial charge in [0.1, 0.15) is 4.32 Å². The quantitative estimate of drug-likeness (QED) is 0.483. The molecular formula is C19H21N3O5S3. The van der Waals surface area contributed by atoms with Gasteiger partial charge in [0.25, 0.3) is 5.91 Å². The SMILES string of the molecule is COc1cc(/C=C2/SC(=S)N(CCC(=O)NC3=NCCS3)C2=O)cc(OC)c1OC. The number of thiocarbonyl (C=S) groups is 1. The number of hydrogen-bond donors (Lipinski definition) is 1. The first-order valence-corrected chi connectivity index (χ1v) is 11.2. The summed E-state index contributed by atoms with van der Waals surface area (Å²) >= 11 is 8.05. The van der Waals surface area contributed by atoms with Gasteiger partial charge in [0.2, 0.25) is 11.7 Å². The molecule has 1 fully saturated rings. The van der Waals surface area contributed by atoms with Gasteiger partial charge >= 0.3 is 0 Å². The Morgan fingerprint density at radius 3 is 2.53 bits per heavy atom. The summed E-state index contributed by atoms with van der Waals surface area (Å²) in [5.74, 6) is 1.90. The molecule has 2 aliphatic heterocycles. The van der Waals surface area contributed by atoms with Crippen molar-refractivity contribution in [2.75, 3.05) is 40.2 Å². The highest BCUT2D eigenvalue weighted by molar-refractivity contribution is 8.26. The normalized spacial score (nSPS) is 17.4. The van der Waals surface area contributed by atoms with Crippen molar-refractivity contribution in [1.82, 2.24) is 10.2 Å². The number of amides is 2. The Bertz CT molecular complexity index is 907. The minimum absolute atomic E-state index is 0.142. The molecule has 0 unspecified atom stereocenters. The van der Waals surface area contributed by atoms with Gasteiger partial charge in [-0.15, -0.1) is 0 Å². The Balaban J connectivity index is 1.70. The van der Waals surface area contributed by atoms with Crippen LogP contribution in [0.3, 0.4) is 0 Å². The molecule has 0 atom stereocenters. The molecule has 1 N–H and O–H groups in total. The molecule has 0 aliphatic carbocycles. The fourth-order valence-electron chi connectivity index (χ4n) is 2.83. The molecule has 0 bridgehead atoms. The van der Waals surface area contributed by atoms with Gasteiger partial charge in [-0.25, -0.2) is 0 Å².